The molecule has 33 heavy (non-hydrogen) atoms. The highest BCUT2D eigenvalue weighted by Crippen LogP contribution is 2.39. The largest absolute Gasteiger partial charge is 0.495 e. The maximum atomic E-state index is 14.7. The molecule has 8 heteroatoms. The number of piperazine rings is 1. The lowest BCUT2D eigenvalue weighted by molar-refractivity contribution is 0.0696. The van der Waals surface area contributed by atoms with Gasteiger partial charge in [-0.3, -0.25) is 4.98 Å². The standard InChI is InChI=1S/C25H29FN4O3/c1-5-18-23(25(31)32)24(28-19-7-6-15(2)12-17(19)26)16-13-21(22(33-4)14-20(16)27-18)30-10-8-29(3)9-11-30/h6-7,12-14H,5,8-11H2,1-4H3,(H,27,28)(H,31,32). The number of benzene rings is 2. The van der Waals surface area contributed by atoms with E-state index in [0.717, 1.165) is 37.4 Å². The predicted molar refractivity (Wildman–Crippen MR) is 129 cm³/mol. The van der Waals surface area contributed by atoms with Gasteiger partial charge in [0.15, 0.2) is 0 Å². The smallest absolute Gasteiger partial charge is 0.339 e. The Morgan fingerprint density at radius 2 is 1.94 bits per heavy atom. The number of carboxylic acid groups (broad SMARTS) is 1. The molecule has 0 saturated carbocycles. The number of ether oxygens (including phenoxy) is 1. The molecule has 0 unspecified atom stereocenters. The van der Waals surface area contributed by atoms with Crippen LogP contribution in [0.3, 0.4) is 0 Å². The average Bonchev–Trinajstić information content (AvgIpc) is 2.79. The van der Waals surface area contributed by atoms with Crippen molar-refractivity contribution in [1.82, 2.24) is 9.88 Å². The second-order valence-electron chi connectivity index (χ2n) is 8.41. The number of rotatable bonds is 6. The molecule has 0 bridgehead atoms. The van der Waals surface area contributed by atoms with Crippen LogP contribution in [-0.4, -0.2) is 61.3 Å². The third kappa shape index (κ3) is 4.43. The van der Waals surface area contributed by atoms with Crippen molar-refractivity contribution >= 4 is 33.9 Å². The molecule has 1 aliphatic heterocycles. The number of methoxy groups -OCH3 is 1. The van der Waals surface area contributed by atoms with Gasteiger partial charge >= 0.3 is 5.97 Å². The van der Waals surface area contributed by atoms with Gasteiger partial charge in [-0.2, -0.15) is 0 Å². The Hall–Kier alpha value is -3.39. The summed E-state index contributed by atoms with van der Waals surface area (Å²) in [7, 11) is 3.70. The van der Waals surface area contributed by atoms with Gasteiger partial charge in [0.1, 0.15) is 17.1 Å². The summed E-state index contributed by atoms with van der Waals surface area (Å²) in [5, 5.41) is 13.8. The van der Waals surface area contributed by atoms with Crippen molar-refractivity contribution in [2.75, 3.05) is 50.6 Å². The fraction of sp³-hybridized carbons (Fsp3) is 0.360. The minimum Gasteiger partial charge on any atom is -0.495 e. The van der Waals surface area contributed by atoms with E-state index < -0.39 is 11.8 Å². The normalized spacial score (nSPS) is 14.5. The van der Waals surface area contributed by atoms with Crippen LogP contribution < -0.4 is 15.0 Å². The van der Waals surface area contributed by atoms with Crippen LogP contribution in [-0.2, 0) is 6.42 Å². The maximum Gasteiger partial charge on any atom is 0.339 e. The van der Waals surface area contributed by atoms with E-state index in [4.69, 9.17) is 4.74 Å². The summed E-state index contributed by atoms with van der Waals surface area (Å²) in [5.41, 5.74) is 3.29. The highest BCUT2D eigenvalue weighted by atomic mass is 19.1. The summed E-state index contributed by atoms with van der Waals surface area (Å²) in [6.07, 6.45) is 0.422. The summed E-state index contributed by atoms with van der Waals surface area (Å²) < 4.78 is 20.4. The molecule has 1 fully saturated rings. The topological polar surface area (TPSA) is 77.9 Å². The predicted octanol–water partition coefficient (Wildman–Crippen LogP) is 4.45. The van der Waals surface area contributed by atoms with Gasteiger partial charge < -0.3 is 25.0 Å². The van der Waals surface area contributed by atoms with E-state index in [1.165, 1.54) is 6.07 Å². The van der Waals surface area contributed by atoms with Gasteiger partial charge in [-0.15, -0.1) is 0 Å². The molecule has 3 aromatic rings. The fourth-order valence-electron chi connectivity index (χ4n) is 4.26. The Morgan fingerprint density at radius 3 is 2.55 bits per heavy atom. The molecule has 0 spiro atoms. The van der Waals surface area contributed by atoms with E-state index in [2.05, 4.69) is 27.1 Å². The number of hydrogen-bond acceptors (Lipinski definition) is 6. The van der Waals surface area contributed by atoms with Crippen LogP contribution in [0.5, 0.6) is 5.75 Å². The van der Waals surface area contributed by atoms with E-state index in [1.807, 2.05) is 19.1 Å². The molecule has 2 aromatic carbocycles. The maximum absolute atomic E-state index is 14.7. The van der Waals surface area contributed by atoms with E-state index in [0.29, 0.717) is 34.5 Å². The van der Waals surface area contributed by atoms with Gasteiger partial charge in [0.2, 0.25) is 0 Å². The summed E-state index contributed by atoms with van der Waals surface area (Å²) in [5.74, 6) is -0.868. The van der Waals surface area contributed by atoms with Crippen molar-refractivity contribution in [3.8, 4) is 5.75 Å². The third-order valence-electron chi connectivity index (χ3n) is 6.14. The third-order valence-corrected chi connectivity index (χ3v) is 6.14. The SMILES string of the molecule is CCc1nc2cc(OC)c(N3CCN(C)CC3)cc2c(Nc2ccc(C)cc2F)c1C(=O)O. The molecule has 1 aromatic heterocycles. The number of aromatic carboxylic acids is 1. The summed E-state index contributed by atoms with van der Waals surface area (Å²) in [4.78, 5) is 21.4. The van der Waals surface area contributed by atoms with E-state index in [-0.39, 0.29) is 11.3 Å². The lowest BCUT2D eigenvalue weighted by Crippen LogP contribution is -2.44. The lowest BCUT2D eigenvalue weighted by Gasteiger charge is -2.35. The van der Waals surface area contributed by atoms with E-state index in [9.17, 15) is 14.3 Å². The summed E-state index contributed by atoms with van der Waals surface area (Å²) >= 11 is 0. The highest BCUT2D eigenvalue weighted by Gasteiger charge is 2.24. The van der Waals surface area contributed by atoms with E-state index >= 15 is 0 Å². The molecule has 1 aliphatic rings. The van der Waals surface area contributed by atoms with Gasteiger partial charge in [0, 0.05) is 37.6 Å². The monoisotopic (exact) mass is 452 g/mol. The first kappa shape index (κ1) is 22.8. The highest BCUT2D eigenvalue weighted by molar-refractivity contribution is 6.08. The van der Waals surface area contributed by atoms with Gasteiger partial charge in [-0.05, 0) is 44.2 Å². The Balaban J connectivity index is 1.95. The van der Waals surface area contributed by atoms with Gasteiger partial charge in [0.05, 0.1) is 35.4 Å². The molecule has 4 rings (SSSR count). The Kier molecular flexibility index (Phi) is 6.37. The number of pyridine rings is 1. The molecule has 1 saturated heterocycles. The zero-order valence-electron chi connectivity index (χ0n) is 19.4. The number of likely N-dealkylation sites (N-methyl/N-ethyl adjacent to an activating group) is 1. The second kappa shape index (κ2) is 9.23. The fourth-order valence-corrected chi connectivity index (χ4v) is 4.26. The molecule has 7 nitrogen and oxygen atoms in total. The lowest BCUT2D eigenvalue weighted by atomic mass is 10.0. The zero-order valence-corrected chi connectivity index (χ0v) is 19.4. The van der Waals surface area contributed by atoms with Crippen LogP contribution in [0.4, 0.5) is 21.5 Å². The number of carbonyl (C=O) groups is 1. The molecular formula is C25H29FN4O3. The number of nitrogens with one attached hydrogen (secondary N) is 1. The van der Waals surface area contributed by atoms with Gasteiger partial charge in [-0.25, -0.2) is 9.18 Å². The molecule has 174 valence electrons. The molecule has 0 amide bonds. The number of hydrogen-bond donors (Lipinski definition) is 2. The van der Waals surface area contributed by atoms with Crippen molar-refractivity contribution in [2.24, 2.45) is 0 Å². The Labute approximate surface area is 192 Å². The molecular weight excluding hydrogens is 423 g/mol. The average molecular weight is 453 g/mol. The number of fused-ring (bicyclic) bond motifs is 1. The van der Waals surface area contributed by atoms with Gasteiger partial charge in [-0.1, -0.05) is 13.0 Å². The van der Waals surface area contributed by atoms with Crippen molar-refractivity contribution < 1.29 is 19.0 Å². The quantitative estimate of drug-likeness (QED) is 0.572. The van der Waals surface area contributed by atoms with Crippen LogP contribution in [0.1, 0.15) is 28.5 Å². The molecule has 0 atom stereocenters. The molecule has 2 N–H and O–H groups in total. The van der Waals surface area contributed by atoms with Crippen molar-refractivity contribution in [3.63, 3.8) is 0 Å². The molecule has 2 heterocycles. The number of halogens is 1. The van der Waals surface area contributed by atoms with Crippen LogP contribution >= 0.6 is 0 Å². The molecule has 0 aliphatic carbocycles. The van der Waals surface area contributed by atoms with Crippen molar-refractivity contribution in [2.45, 2.75) is 20.3 Å². The Morgan fingerprint density at radius 1 is 1.21 bits per heavy atom. The number of aryl methyl sites for hydroxylation is 2. The summed E-state index contributed by atoms with van der Waals surface area (Å²) in [6.45, 7) is 7.12. The van der Waals surface area contributed by atoms with Crippen molar-refractivity contribution in [3.05, 3.63) is 53.0 Å². The summed E-state index contributed by atoms with van der Waals surface area (Å²) in [6, 6.07) is 8.58. The minimum absolute atomic E-state index is 0.0551. The van der Waals surface area contributed by atoms with Crippen LogP contribution in [0.25, 0.3) is 10.9 Å². The minimum atomic E-state index is -1.10. The number of carboxylic acids is 1. The van der Waals surface area contributed by atoms with Crippen LogP contribution in [0, 0.1) is 12.7 Å². The first-order chi connectivity index (χ1) is 15.8. The van der Waals surface area contributed by atoms with Crippen LogP contribution in [0.15, 0.2) is 30.3 Å². The zero-order chi connectivity index (χ0) is 23.7. The number of aromatic nitrogens is 1. The van der Waals surface area contributed by atoms with Crippen LogP contribution in [0.2, 0.25) is 0 Å². The number of anilines is 3. The Bertz CT molecular complexity index is 1210. The van der Waals surface area contributed by atoms with Crippen molar-refractivity contribution in [1.29, 1.82) is 0 Å². The van der Waals surface area contributed by atoms with E-state index in [1.54, 1.807) is 26.2 Å². The van der Waals surface area contributed by atoms with Gasteiger partial charge in [0.25, 0.3) is 0 Å². The second-order valence-corrected chi connectivity index (χ2v) is 8.41. The molecule has 0 radical (unpaired) electrons. The first-order valence-corrected chi connectivity index (χ1v) is 11.1. The number of nitrogens with zero attached hydrogens (tertiary/aromatic N) is 3. The first-order valence-electron chi connectivity index (χ1n) is 11.1.